The summed E-state index contributed by atoms with van der Waals surface area (Å²) >= 11 is 0. The fraction of sp³-hybridized carbons (Fsp3) is 0.500. The first-order valence-electron chi connectivity index (χ1n) is 2.62. The minimum Gasteiger partial charge on any atom is -0.397 e. The number of hydrogen-bond acceptors (Lipinski definition) is 2. The van der Waals surface area contributed by atoms with Gasteiger partial charge in [-0.05, 0) is 0 Å². The summed E-state index contributed by atoms with van der Waals surface area (Å²) in [5.74, 6) is -0.330. The van der Waals surface area contributed by atoms with Crippen LogP contribution >= 0.6 is 0 Å². The van der Waals surface area contributed by atoms with Gasteiger partial charge in [0, 0.05) is 46.4 Å². The molecule has 0 aromatic rings. The number of amides is 1. The van der Waals surface area contributed by atoms with Crippen molar-refractivity contribution in [2.75, 3.05) is 13.7 Å². The van der Waals surface area contributed by atoms with Crippen LogP contribution in [0.25, 0.3) is 0 Å². The van der Waals surface area contributed by atoms with Crippen LogP contribution in [-0.4, -0.2) is 35.6 Å². The Labute approximate surface area is 86.7 Å². The van der Waals surface area contributed by atoms with E-state index in [9.17, 15) is 4.79 Å². The van der Waals surface area contributed by atoms with Gasteiger partial charge in [-0.1, -0.05) is 6.04 Å². The van der Waals surface area contributed by atoms with E-state index >= 15 is 0 Å². The predicted octanol–water partition coefficient (Wildman–Crippen LogP) is -0.529. The second-order valence-electron chi connectivity index (χ2n) is 1.84. The molecule has 10 heavy (non-hydrogen) atoms. The number of rotatable bonds is 2. The van der Waals surface area contributed by atoms with E-state index < -0.39 is 0 Å². The molecule has 0 aliphatic carbocycles. The molecule has 0 heterocycles. The zero-order valence-electron chi connectivity index (χ0n) is 6.08. The molecule has 1 amide bonds. The van der Waals surface area contributed by atoms with E-state index in [1.54, 1.807) is 7.05 Å². The second-order valence-corrected chi connectivity index (χ2v) is 1.84. The Kier molecular flexibility index (Phi) is 7.99. The molecular formula is C6H11NO2Y-2. The number of aliphatic hydroxyl groups excluding tert-OH is 1. The van der Waals surface area contributed by atoms with E-state index in [-0.39, 0.29) is 51.3 Å². The summed E-state index contributed by atoms with van der Waals surface area (Å²) in [7, 11) is 1.54. The molecule has 4 heteroatoms. The van der Waals surface area contributed by atoms with Crippen molar-refractivity contribution in [2.24, 2.45) is 0 Å². The van der Waals surface area contributed by atoms with Gasteiger partial charge in [0.2, 0.25) is 0 Å². The van der Waals surface area contributed by atoms with Gasteiger partial charge in [-0.15, -0.1) is 0 Å². The molecule has 0 unspecified atom stereocenters. The zero-order valence-corrected chi connectivity index (χ0v) is 8.92. The van der Waals surface area contributed by atoms with E-state index in [0.717, 1.165) is 0 Å². The summed E-state index contributed by atoms with van der Waals surface area (Å²) < 4.78 is 0. The molecular weight excluding hydrogens is 207 g/mol. The first-order chi connectivity index (χ1) is 4.09. The van der Waals surface area contributed by atoms with Gasteiger partial charge in [0.05, 0.1) is 5.91 Å². The summed E-state index contributed by atoms with van der Waals surface area (Å²) in [6, 6.07) is -0.380. The van der Waals surface area contributed by atoms with Crippen molar-refractivity contribution in [3.63, 3.8) is 0 Å². The van der Waals surface area contributed by atoms with Crippen molar-refractivity contribution in [1.29, 1.82) is 0 Å². The Balaban J connectivity index is 0. The predicted molar refractivity (Wildman–Crippen MR) is 34.4 cm³/mol. The van der Waals surface area contributed by atoms with Crippen molar-refractivity contribution < 1.29 is 42.6 Å². The smallest absolute Gasteiger partial charge is 0.0799 e. The third-order valence-electron chi connectivity index (χ3n) is 1.15. The maximum Gasteiger partial charge on any atom is 0.0799 e. The van der Waals surface area contributed by atoms with Crippen LogP contribution in [0.15, 0.2) is 0 Å². The molecule has 0 saturated carbocycles. The second kappa shape index (κ2) is 6.14. The molecule has 0 aromatic carbocycles. The Morgan fingerprint density at radius 2 is 2.20 bits per heavy atom. The van der Waals surface area contributed by atoms with E-state index in [0.29, 0.717) is 0 Å². The Morgan fingerprint density at radius 1 is 1.80 bits per heavy atom. The summed E-state index contributed by atoms with van der Waals surface area (Å²) in [6.07, 6.45) is 0. The SMILES string of the molecule is [CH2-]C(=O)N(C)[C@H]([CH2-])CO.[Y]. The zero-order chi connectivity index (χ0) is 7.44. The molecule has 1 atom stereocenters. The molecule has 1 N–H and O–H groups in total. The molecule has 0 aliphatic rings. The normalized spacial score (nSPS) is 11.5. The van der Waals surface area contributed by atoms with Crippen molar-refractivity contribution in [2.45, 2.75) is 6.04 Å². The van der Waals surface area contributed by atoms with Gasteiger partial charge in [0.1, 0.15) is 0 Å². The van der Waals surface area contributed by atoms with Gasteiger partial charge in [-0.3, -0.25) is 0 Å². The van der Waals surface area contributed by atoms with Crippen LogP contribution in [0.2, 0.25) is 0 Å². The summed E-state index contributed by atoms with van der Waals surface area (Å²) in [5.41, 5.74) is 0. The number of hydrogen-bond donors (Lipinski definition) is 1. The maximum atomic E-state index is 10.4. The van der Waals surface area contributed by atoms with Gasteiger partial charge in [-0.2, -0.15) is 0 Å². The standard InChI is InChI=1S/C6H11NO2.Y/c1-5(4-8)7(3)6(2)9;/h5,8H,1-2,4H2,3H3;/q-2;/t5-;/m1./s1. The minimum absolute atomic E-state index is 0. The van der Waals surface area contributed by atoms with Gasteiger partial charge < -0.3 is 28.6 Å². The average molecular weight is 218 g/mol. The Morgan fingerprint density at radius 3 is 2.30 bits per heavy atom. The van der Waals surface area contributed by atoms with Crippen molar-refractivity contribution in [1.82, 2.24) is 4.90 Å². The van der Waals surface area contributed by atoms with E-state index in [1.807, 2.05) is 0 Å². The molecule has 0 rings (SSSR count). The van der Waals surface area contributed by atoms with Crippen LogP contribution in [0.5, 0.6) is 0 Å². The number of nitrogens with zero attached hydrogens (tertiary/aromatic N) is 1. The van der Waals surface area contributed by atoms with Crippen LogP contribution in [0.1, 0.15) is 0 Å². The van der Waals surface area contributed by atoms with Gasteiger partial charge >= 0.3 is 0 Å². The monoisotopic (exact) mass is 218 g/mol. The van der Waals surface area contributed by atoms with E-state index in [1.165, 1.54) is 4.90 Å². The molecule has 0 spiro atoms. The first kappa shape index (κ1) is 13.0. The fourth-order valence-electron chi connectivity index (χ4n) is 0.326. The quantitative estimate of drug-likeness (QED) is 0.633. The van der Waals surface area contributed by atoms with E-state index in [4.69, 9.17) is 5.11 Å². The molecule has 0 fully saturated rings. The third kappa shape index (κ3) is 4.26. The summed E-state index contributed by atoms with van der Waals surface area (Å²) in [5, 5.41) is 8.47. The summed E-state index contributed by atoms with van der Waals surface area (Å²) in [6.45, 7) is 6.51. The Bertz CT molecular complexity index is 108. The minimum atomic E-state index is -0.380. The van der Waals surface area contributed by atoms with Crippen molar-refractivity contribution >= 4 is 5.91 Å². The third-order valence-corrected chi connectivity index (χ3v) is 1.15. The fourth-order valence-corrected chi connectivity index (χ4v) is 0.326. The molecule has 0 aromatic heterocycles. The van der Waals surface area contributed by atoms with E-state index in [2.05, 4.69) is 13.8 Å². The topological polar surface area (TPSA) is 40.5 Å². The van der Waals surface area contributed by atoms with Crippen molar-refractivity contribution in [3.05, 3.63) is 13.8 Å². The van der Waals surface area contributed by atoms with Crippen LogP contribution in [-0.2, 0) is 37.5 Å². The van der Waals surface area contributed by atoms with Gasteiger partial charge in [0.25, 0.3) is 0 Å². The molecule has 1 radical (unpaired) electrons. The number of carbonyl (C=O) groups is 1. The molecule has 3 nitrogen and oxygen atoms in total. The van der Waals surface area contributed by atoms with Crippen molar-refractivity contribution in [3.8, 4) is 0 Å². The largest absolute Gasteiger partial charge is 0.397 e. The first-order valence-corrected chi connectivity index (χ1v) is 2.62. The van der Waals surface area contributed by atoms with Crippen LogP contribution in [0.4, 0.5) is 0 Å². The number of likely N-dealkylation sites (N-methyl/N-ethyl adjacent to an activating group) is 1. The van der Waals surface area contributed by atoms with Crippen LogP contribution in [0, 0.1) is 13.8 Å². The summed E-state index contributed by atoms with van der Waals surface area (Å²) in [4.78, 5) is 11.7. The van der Waals surface area contributed by atoms with Crippen LogP contribution < -0.4 is 0 Å². The Hall–Kier alpha value is 0.404. The average Bonchev–Trinajstić information content (AvgIpc) is 1.84. The number of aliphatic hydroxyl groups is 1. The molecule has 57 valence electrons. The van der Waals surface area contributed by atoms with Gasteiger partial charge in [0.15, 0.2) is 0 Å². The molecule has 0 saturated heterocycles. The molecule has 0 aliphatic heterocycles. The maximum absolute atomic E-state index is 10.4. The number of carbonyl (C=O) groups excluding carboxylic acids is 1. The van der Waals surface area contributed by atoms with Crippen LogP contribution in [0.3, 0.4) is 0 Å². The molecule has 0 bridgehead atoms. The van der Waals surface area contributed by atoms with Gasteiger partial charge in [-0.25, -0.2) is 0 Å².